The molecule has 60 heavy (non-hydrogen) atoms. The van der Waals surface area contributed by atoms with Crippen molar-refractivity contribution in [1.29, 1.82) is 0 Å². The van der Waals surface area contributed by atoms with Crippen LogP contribution < -0.4 is 16.0 Å². The highest BCUT2D eigenvalue weighted by Gasteiger charge is 2.24. The number of nitrogens with one attached hydrogen (secondary N) is 3. The fraction of sp³-hybridized carbons (Fsp3) is 0.918. The molecule has 11 nitrogen and oxygen atoms in total. The molecule has 6 N–H and O–H groups in total. The molecule has 0 spiro atoms. The van der Waals surface area contributed by atoms with Crippen molar-refractivity contribution >= 4 is 23.7 Å². The van der Waals surface area contributed by atoms with E-state index in [4.69, 9.17) is 4.74 Å². The summed E-state index contributed by atoms with van der Waals surface area (Å²) < 4.78 is 5.86. The Morgan fingerprint density at radius 2 is 0.950 bits per heavy atom. The van der Waals surface area contributed by atoms with E-state index in [1.165, 1.54) is 116 Å². The molecule has 0 aliphatic carbocycles. The van der Waals surface area contributed by atoms with Crippen LogP contribution in [0.2, 0.25) is 0 Å². The molecule has 0 saturated heterocycles. The molecule has 0 bridgehead atoms. The molecule has 0 heterocycles. The summed E-state index contributed by atoms with van der Waals surface area (Å²) in [6.45, 7) is 6.35. The third kappa shape index (κ3) is 37.5. The first-order valence-electron chi connectivity index (χ1n) is 25.2. The lowest BCUT2D eigenvalue weighted by molar-refractivity contribution is -0.151. The number of carbonyl (C=O) groups excluding carboxylic acids is 4. The molecule has 0 fully saturated rings. The van der Waals surface area contributed by atoms with Crippen LogP contribution in [0.5, 0.6) is 0 Å². The number of hydrogen-bond donors (Lipinski definition) is 6. The van der Waals surface area contributed by atoms with Gasteiger partial charge in [0.15, 0.2) is 0 Å². The molecule has 0 aromatic heterocycles. The SMILES string of the molecule is CCCCCCCCCCCC(=O)O[C@H](CCCCCCCCCCC)CC(=O)NC(CCO)C(=O)NCCCC(CO)NC(=O)C[C@H](O)CCCCCCCCCCC. The van der Waals surface area contributed by atoms with E-state index < -0.39 is 36.1 Å². The molecule has 3 amide bonds. The van der Waals surface area contributed by atoms with Crippen molar-refractivity contribution in [1.82, 2.24) is 16.0 Å². The zero-order valence-electron chi connectivity index (χ0n) is 39.1. The first-order chi connectivity index (χ1) is 29.2. The first kappa shape index (κ1) is 57.8. The lowest BCUT2D eigenvalue weighted by atomic mass is 10.0. The topological polar surface area (TPSA) is 174 Å². The Kier molecular flexibility index (Phi) is 41.8. The van der Waals surface area contributed by atoms with Gasteiger partial charge in [-0.1, -0.05) is 181 Å². The molecule has 0 rings (SSSR count). The summed E-state index contributed by atoms with van der Waals surface area (Å²) in [7, 11) is 0. The van der Waals surface area contributed by atoms with Crippen LogP contribution in [0.4, 0.5) is 0 Å². The molecule has 0 aromatic carbocycles. The summed E-state index contributed by atoms with van der Waals surface area (Å²) in [6.07, 6.45) is 32.7. The molecule has 4 atom stereocenters. The summed E-state index contributed by atoms with van der Waals surface area (Å²) in [5.74, 6) is -1.42. The van der Waals surface area contributed by atoms with E-state index in [-0.39, 0.29) is 50.9 Å². The van der Waals surface area contributed by atoms with Crippen LogP contribution in [0.15, 0.2) is 0 Å². The summed E-state index contributed by atoms with van der Waals surface area (Å²) >= 11 is 0. The lowest BCUT2D eigenvalue weighted by Gasteiger charge is -2.21. The minimum absolute atomic E-state index is 0.00858. The van der Waals surface area contributed by atoms with E-state index in [2.05, 4.69) is 36.7 Å². The standard InChI is InChI=1S/C49H95N3O8/c1-4-7-10-13-16-19-22-25-28-33-43(55)39-46(56)51-42(41-54)32-31-37-50-49(59)45(36-38-53)52-47(57)40-44(34-29-26-23-20-17-14-11-8-5-2)60-48(58)35-30-27-24-21-18-15-12-9-6-3/h42-45,53-55H,4-41H2,1-3H3,(H,50,59)(H,51,56)(H,52,57)/t42?,43-,44-,45?/m1/s1. The zero-order chi connectivity index (χ0) is 44.3. The average Bonchev–Trinajstić information content (AvgIpc) is 3.22. The highest BCUT2D eigenvalue weighted by Crippen LogP contribution is 2.17. The molecule has 0 radical (unpaired) electrons. The number of hydrogen-bond acceptors (Lipinski definition) is 8. The fourth-order valence-electron chi connectivity index (χ4n) is 7.75. The monoisotopic (exact) mass is 854 g/mol. The van der Waals surface area contributed by atoms with Crippen LogP contribution >= 0.6 is 0 Å². The van der Waals surface area contributed by atoms with Crippen LogP contribution in [0, 0.1) is 0 Å². The lowest BCUT2D eigenvalue weighted by Crippen LogP contribution is -2.48. The predicted octanol–water partition coefficient (Wildman–Crippen LogP) is 10.0. The van der Waals surface area contributed by atoms with Crippen molar-refractivity contribution < 1.29 is 39.2 Å². The quantitative estimate of drug-likeness (QED) is 0.0259. The number of unbranched alkanes of at least 4 members (excludes halogenated alkanes) is 24. The number of ether oxygens (including phenoxy) is 1. The van der Waals surface area contributed by atoms with Crippen molar-refractivity contribution in [3.05, 3.63) is 0 Å². The Hall–Kier alpha value is -2.24. The van der Waals surface area contributed by atoms with Gasteiger partial charge in [0.1, 0.15) is 12.1 Å². The predicted molar refractivity (Wildman–Crippen MR) is 246 cm³/mol. The number of aliphatic hydroxyl groups is 3. The molecular formula is C49H95N3O8. The first-order valence-corrected chi connectivity index (χ1v) is 25.2. The van der Waals surface area contributed by atoms with Crippen LogP contribution in [-0.4, -0.2) is 83.1 Å². The third-order valence-electron chi connectivity index (χ3n) is 11.6. The Bertz CT molecular complexity index is 1020. The maximum Gasteiger partial charge on any atom is 0.306 e. The minimum Gasteiger partial charge on any atom is -0.462 e. The van der Waals surface area contributed by atoms with Gasteiger partial charge in [0.25, 0.3) is 0 Å². The highest BCUT2D eigenvalue weighted by atomic mass is 16.5. The van der Waals surface area contributed by atoms with Crippen molar-refractivity contribution in [3.63, 3.8) is 0 Å². The Morgan fingerprint density at radius 3 is 1.43 bits per heavy atom. The van der Waals surface area contributed by atoms with E-state index in [0.717, 1.165) is 57.8 Å². The van der Waals surface area contributed by atoms with Crippen LogP contribution in [-0.2, 0) is 23.9 Å². The number of rotatable bonds is 45. The van der Waals surface area contributed by atoms with Crippen LogP contribution in [0.25, 0.3) is 0 Å². The molecular weight excluding hydrogens is 759 g/mol. The second-order valence-corrected chi connectivity index (χ2v) is 17.5. The number of amides is 3. The molecule has 11 heteroatoms. The van der Waals surface area contributed by atoms with E-state index in [0.29, 0.717) is 32.1 Å². The minimum atomic E-state index is -0.950. The summed E-state index contributed by atoms with van der Waals surface area (Å²) in [5.41, 5.74) is 0. The van der Waals surface area contributed by atoms with Crippen LogP contribution in [0.3, 0.4) is 0 Å². The summed E-state index contributed by atoms with van der Waals surface area (Å²) in [4.78, 5) is 51.7. The van der Waals surface area contributed by atoms with Crippen molar-refractivity contribution in [2.45, 2.75) is 270 Å². The van der Waals surface area contributed by atoms with Gasteiger partial charge in [-0.25, -0.2) is 0 Å². The van der Waals surface area contributed by atoms with Gasteiger partial charge in [-0.15, -0.1) is 0 Å². The van der Waals surface area contributed by atoms with E-state index >= 15 is 0 Å². The molecule has 0 aliphatic heterocycles. The maximum atomic E-state index is 13.2. The summed E-state index contributed by atoms with van der Waals surface area (Å²) in [5, 5.41) is 38.3. The number of esters is 1. The second kappa shape index (κ2) is 43.4. The van der Waals surface area contributed by atoms with Gasteiger partial charge in [0.05, 0.1) is 31.6 Å². The normalized spacial score (nSPS) is 13.4. The van der Waals surface area contributed by atoms with Gasteiger partial charge in [-0.05, 0) is 44.9 Å². The third-order valence-corrected chi connectivity index (χ3v) is 11.6. The van der Waals surface area contributed by atoms with Crippen molar-refractivity contribution in [2.24, 2.45) is 0 Å². The van der Waals surface area contributed by atoms with Gasteiger partial charge >= 0.3 is 5.97 Å². The number of aliphatic hydroxyl groups excluding tert-OH is 3. The zero-order valence-corrected chi connectivity index (χ0v) is 39.1. The Morgan fingerprint density at radius 1 is 0.500 bits per heavy atom. The fourth-order valence-corrected chi connectivity index (χ4v) is 7.75. The van der Waals surface area contributed by atoms with Gasteiger partial charge in [-0.3, -0.25) is 19.2 Å². The molecule has 0 aliphatic rings. The van der Waals surface area contributed by atoms with E-state index in [1.54, 1.807) is 0 Å². The smallest absolute Gasteiger partial charge is 0.306 e. The Balaban J connectivity index is 4.77. The molecule has 354 valence electrons. The van der Waals surface area contributed by atoms with E-state index in [9.17, 15) is 34.5 Å². The molecule has 2 unspecified atom stereocenters. The molecule has 0 aromatic rings. The highest BCUT2D eigenvalue weighted by molar-refractivity contribution is 5.87. The van der Waals surface area contributed by atoms with Crippen molar-refractivity contribution in [2.75, 3.05) is 19.8 Å². The Labute approximate surface area is 367 Å². The maximum absolute atomic E-state index is 13.2. The van der Waals surface area contributed by atoms with Crippen LogP contribution in [0.1, 0.15) is 245 Å². The van der Waals surface area contributed by atoms with Gasteiger partial charge in [0, 0.05) is 19.6 Å². The van der Waals surface area contributed by atoms with Crippen molar-refractivity contribution in [3.8, 4) is 0 Å². The molecule has 0 saturated carbocycles. The largest absolute Gasteiger partial charge is 0.462 e. The van der Waals surface area contributed by atoms with Gasteiger partial charge in [0.2, 0.25) is 17.7 Å². The average molecular weight is 854 g/mol. The van der Waals surface area contributed by atoms with Gasteiger partial charge in [-0.2, -0.15) is 0 Å². The van der Waals surface area contributed by atoms with E-state index in [1.807, 2.05) is 0 Å². The number of carbonyl (C=O) groups is 4. The summed E-state index contributed by atoms with van der Waals surface area (Å²) in [6, 6.07) is -1.46. The van der Waals surface area contributed by atoms with Gasteiger partial charge < -0.3 is 36.0 Å². The second-order valence-electron chi connectivity index (χ2n) is 17.5.